The first-order valence-corrected chi connectivity index (χ1v) is 18.1. The fraction of sp³-hybridized carbons (Fsp3) is 0.0196. The molecule has 2 heterocycles. The molecule has 9 aromatic rings. The molecule has 53 heavy (non-hydrogen) atoms. The molecule has 10 rings (SSSR count). The maximum atomic E-state index is 6.71. The Morgan fingerprint density at radius 2 is 0.849 bits per heavy atom. The van der Waals surface area contributed by atoms with E-state index in [2.05, 4.69) is 200 Å². The molecule has 2 nitrogen and oxygen atoms in total. The summed E-state index contributed by atoms with van der Waals surface area (Å²) in [6.45, 7) is 0. The average molecular weight is 679 g/mol. The van der Waals surface area contributed by atoms with E-state index in [4.69, 9.17) is 9.15 Å². The van der Waals surface area contributed by atoms with Crippen LogP contribution in [0.4, 0.5) is 0 Å². The van der Waals surface area contributed by atoms with Crippen LogP contribution in [0.5, 0.6) is 11.5 Å². The molecule has 0 amide bonds. The molecule has 0 saturated carbocycles. The second-order valence-electron chi connectivity index (χ2n) is 13.6. The van der Waals surface area contributed by atoms with E-state index in [0.29, 0.717) is 0 Å². The van der Waals surface area contributed by atoms with Crippen molar-refractivity contribution in [2.75, 3.05) is 0 Å². The van der Waals surface area contributed by atoms with Gasteiger partial charge in [0.1, 0.15) is 23.0 Å². The van der Waals surface area contributed by atoms with Crippen molar-refractivity contribution in [1.82, 2.24) is 0 Å². The Morgan fingerprint density at radius 1 is 0.340 bits per heavy atom. The van der Waals surface area contributed by atoms with Gasteiger partial charge in [0, 0.05) is 22.3 Å². The molecule has 0 bridgehead atoms. The number of ether oxygens (including phenoxy) is 1. The van der Waals surface area contributed by atoms with E-state index in [9.17, 15) is 0 Å². The average Bonchev–Trinajstić information content (AvgIpc) is 3.74. The zero-order valence-electron chi connectivity index (χ0n) is 28.9. The highest BCUT2D eigenvalue weighted by Crippen LogP contribution is 2.55. The third kappa shape index (κ3) is 5.11. The molecule has 0 unspecified atom stereocenters. The molecule has 1 aliphatic heterocycles. The Bertz CT molecular complexity index is 2680. The van der Waals surface area contributed by atoms with Gasteiger partial charge < -0.3 is 9.15 Å². The van der Waals surface area contributed by atoms with Crippen molar-refractivity contribution in [3.05, 3.63) is 229 Å². The zero-order chi connectivity index (χ0) is 35.2. The Balaban J connectivity index is 1.02. The maximum absolute atomic E-state index is 6.71. The smallest absolute Gasteiger partial charge is 0.134 e. The van der Waals surface area contributed by atoms with Crippen molar-refractivity contribution in [2.24, 2.45) is 0 Å². The van der Waals surface area contributed by atoms with E-state index >= 15 is 0 Å². The lowest BCUT2D eigenvalue weighted by atomic mass is 9.63. The molecule has 8 aromatic carbocycles. The highest BCUT2D eigenvalue weighted by atomic mass is 16.5. The second-order valence-corrected chi connectivity index (χ2v) is 13.6. The van der Waals surface area contributed by atoms with Crippen LogP contribution in [-0.2, 0) is 5.41 Å². The molecule has 2 heteroatoms. The van der Waals surface area contributed by atoms with E-state index in [1.165, 1.54) is 44.2 Å². The lowest BCUT2D eigenvalue weighted by molar-refractivity contribution is 0.434. The number of benzene rings is 8. The summed E-state index contributed by atoms with van der Waals surface area (Å²) >= 11 is 0. The minimum absolute atomic E-state index is 0.548. The van der Waals surface area contributed by atoms with Crippen LogP contribution in [-0.4, -0.2) is 0 Å². The Labute approximate surface area is 309 Å². The SMILES string of the molecule is c1ccc(-c2cccc3cccc(-c4ccc(-c5ccc(-c6ccc7c(c6)Oc6ccccc6C7(c6ccccc6)c6ccccc6)o5)cc4)c23)cc1. The van der Waals surface area contributed by atoms with Crippen molar-refractivity contribution in [3.63, 3.8) is 0 Å². The quantitative estimate of drug-likeness (QED) is 0.175. The summed E-state index contributed by atoms with van der Waals surface area (Å²) in [6.07, 6.45) is 0. The lowest BCUT2D eigenvalue weighted by Gasteiger charge is -2.41. The van der Waals surface area contributed by atoms with Crippen molar-refractivity contribution in [2.45, 2.75) is 5.41 Å². The van der Waals surface area contributed by atoms with Crippen LogP contribution < -0.4 is 4.74 Å². The minimum Gasteiger partial charge on any atom is -0.457 e. The topological polar surface area (TPSA) is 22.4 Å². The second kappa shape index (κ2) is 12.7. The highest BCUT2D eigenvalue weighted by molar-refractivity contribution is 6.06. The number of fused-ring (bicyclic) bond motifs is 3. The molecule has 0 N–H and O–H groups in total. The van der Waals surface area contributed by atoms with Crippen LogP contribution in [0.15, 0.2) is 211 Å². The molecule has 1 aromatic heterocycles. The van der Waals surface area contributed by atoms with Crippen molar-refractivity contribution in [1.29, 1.82) is 0 Å². The van der Waals surface area contributed by atoms with Crippen molar-refractivity contribution >= 4 is 10.8 Å². The molecule has 0 spiro atoms. The predicted molar refractivity (Wildman–Crippen MR) is 216 cm³/mol. The molecule has 1 aliphatic rings. The summed E-state index contributed by atoms with van der Waals surface area (Å²) in [6, 6.07) is 73.0. The van der Waals surface area contributed by atoms with Crippen LogP contribution in [0.25, 0.3) is 55.7 Å². The summed E-state index contributed by atoms with van der Waals surface area (Å²) in [7, 11) is 0. The summed E-state index contributed by atoms with van der Waals surface area (Å²) in [5, 5.41) is 2.49. The van der Waals surface area contributed by atoms with Crippen LogP contribution in [0.3, 0.4) is 0 Å². The van der Waals surface area contributed by atoms with E-state index < -0.39 is 5.41 Å². The van der Waals surface area contributed by atoms with Crippen molar-refractivity contribution in [3.8, 4) is 56.4 Å². The van der Waals surface area contributed by atoms with E-state index in [-0.39, 0.29) is 0 Å². The van der Waals surface area contributed by atoms with Gasteiger partial charge in [0.25, 0.3) is 0 Å². The predicted octanol–water partition coefficient (Wildman–Crippen LogP) is 13.6. The summed E-state index contributed by atoms with van der Waals surface area (Å²) in [5.74, 6) is 3.29. The number of para-hydroxylation sites is 1. The molecular weight excluding hydrogens is 645 g/mol. The fourth-order valence-electron chi connectivity index (χ4n) is 8.27. The minimum atomic E-state index is -0.548. The van der Waals surface area contributed by atoms with Crippen LogP contribution >= 0.6 is 0 Å². The molecule has 0 saturated heterocycles. The van der Waals surface area contributed by atoms with Gasteiger partial charge in [0.05, 0.1) is 5.41 Å². The van der Waals surface area contributed by atoms with Crippen LogP contribution in [0, 0.1) is 0 Å². The lowest BCUT2D eigenvalue weighted by Crippen LogP contribution is -2.34. The zero-order valence-corrected chi connectivity index (χ0v) is 28.9. The van der Waals surface area contributed by atoms with Gasteiger partial charge in [-0.25, -0.2) is 0 Å². The standard InChI is InChI=1S/C51H34O2/c1-4-14-35(15-5-1)42-22-12-16-38-17-13-23-43(50(38)42)36-26-28-37(29-27-36)46-32-33-47(52-46)39-30-31-45-49(34-39)53-48-25-11-10-24-44(48)51(45,40-18-6-2-7-19-40)41-20-8-3-9-21-41/h1-34H. The summed E-state index contributed by atoms with van der Waals surface area (Å²) in [4.78, 5) is 0. The maximum Gasteiger partial charge on any atom is 0.134 e. The summed E-state index contributed by atoms with van der Waals surface area (Å²) in [5.41, 5.74) is 10.9. The van der Waals surface area contributed by atoms with E-state index in [1.807, 2.05) is 6.07 Å². The molecule has 0 atom stereocenters. The van der Waals surface area contributed by atoms with Gasteiger partial charge in [-0.05, 0) is 68.4 Å². The molecule has 0 fully saturated rings. The highest BCUT2D eigenvalue weighted by Gasteiger charge is 2.45. The van der Waals surface area contributed by atoms with Gasteiger partial charge >= 0.3 is 0 Å². The van der Waals surface area contributed by atoms with Gasteiger partial charge in [-0.2, -0.15) is 0 Å². The first-order chi connectivity index (χ1) is 26.3. The van der Waals surface area contributed by atoms with Crippen molar-refractivity contribution < 1.29 is 9.15 Å². The third-order valence-electron chi connectivity index (χ3n) is 10.7. The van der Waals surface area contributed by atoms with Gasteiger partial charge in [-0.15, -0.1) is 0 Å². The largest absolute Gasteiger partial charge is 0.457 e. The monoisotopic (exact) mass is 678 g/mol. The molecular formula is C51H34O2. The Hall–Kier alpha value is -6.90. The van der Waals surface area contributed by atoms with Crippen LogP contribution in [0.2, 0.25) is 0 Å². The molecule has 0 radical (unpaired) electrons. The normalized spacial score (nSPS) is 12.8. The first kappa shape index (κ1) is 30.9. The first-order valence-electron chi connectivity index (χ1n) is 18.1. The van der Waals surface area contributed by atoms with E-state index in [1.54, 1.807) is 0 Å². The number of rotatable bonds is 6. The Kier molecular flexibility index (Phi) is 7.40. The molecule has 0 aliphatic carbocycles. The number of hydrogen-bond acceptors (Lipinski definition) is 2. The Morgan fingerprint density at radius 3 is 1.51 bits per heavy atom. The third-order valence-corrected chi connectivity index (χ3v) is 10.7. The van der Waals surface area contributed by atoms with Gasteiger partial charge in [0.2, 0.25) is 0 Å². The van der Waals surface area contributed by atoms with Gasteiger partial charge in [0.15, 0.2) is 0 Å². The molecule has 250 valence electrons. The number of furan rings is 1. The summed E-state index contributed by atoms with van der Waals surface area (Å²) < 4.78 is 13.3. The van der Waals surface area contributed by atoms with E-state index in [0.717, 1.165) is 45.3 Å². The fourth-order valence-corrected chi connectivity index (χ4v) is 8.27. The van der Waals surface area contributed by atoms with Gasteiger partial charge in [-0.3, -0.25) is 0 Å². The number of hydrogen-bond donors (Lipinski definition) is 0. The van der Waals surface area contributed by atoms with Gasteiger partial charge in [-0.1, -0.05) is 182 Å². The van der Waals surface area contributed by atoms with Crippen LogP contribution in [0.1, 0.15) is 22.3 Å².